The van der Waals surface area contributed by atoms with Crippen molar-refractivity contribution in [3.63, 3.8) is 0 Å². The average Bonchev–Trinajstić information content (AvgIpc) is 2.96. The van der Waals surface area contributed by atoms with Gasteiger partial charge in [0.05, 0.1) is 18.7 Å². The third-order valence-corrected chi connectivity index (χ3v) is 7.51. The fourth-order valence-corrected chi connectivity index (χ4v) is 5.15. The number of aromatic nitrogens is 1. The van der Waals surface area contributed by atoms with Gasteiger partial charge in [-0.2, -0.15) is 4.39 Å². The van der Waals surface area contributed by atoms with Crippen LogP contribution in [0.2, 0.25) is 0 Å². The van der Waals surface area contributed by atoms with Gasteiger partial charge in [0.15, 0.2) is 11.6 Å². The SMILES string of the molecule is CCCCCCCCCCOc1ccc(-c2ccc3c(c2)c(F)nc2cc(OCCCCCC)ccc23)cc1F. The number of hydrogen-bond donors (Lipinski definition) is 0. The molecular formula is C35H43F2NO2. The van der Waals surface area contributed by atoms with Gasteiger partial charge >= 0.3 is 0 Å². The number of halogens is 2. The molecular weight excluding hydrogens is 504 g/mol. The molecule has 0 spiro atoms. The Morgan fingerprint density at radius 2 is 1.18 bits per heavy atom. The minimum atomic E-state index is -0.546. The Kier molecular flexibility index (Phi) is 11.6. The highest BCUT2D eigenvalue weighted by atomic mass is 19.1. The molecule has 214 valence electrons. The first-order chi connectivity index (χ1) is 19.6. The summed E-state index contributed by atoms with van der Waals surface area (Å²) in [5, 5.41) is 2.04. The second-order valence-corrected chi connectivity index (χ2v) is 10.7. The van der Waals surface area contributed by atoms with E-state index in [1.807, 2.05) is 30.3 Å². The maximum atomic E-state index is 15.1. The second kappa shape index (κ2) is 15.5. The van der Waals surface area contributed by atoms with Crippen molar-refractivity contribution in [1.82, 2.24) is 4.98 Å². The molecule has 3 aromatic carbocycles. The molecule has 0 aliphatic carbocycles. The Balaban J connectivity index is 1.39. The number of benzene rings is 3. The van der Waals surface area contributed by atoms with Crippen LogP contribution in [0.4, 0.5) is 8.78 Å². The summed E-state index contributed by atoms with van der Waals surface area (Å²) < 4.78 is 41.6. The van der Waals surface area contributed by atoms with Crippen LogP contribution in [0.15, 0.2) is 54.6 Å². The predicted molar refractivity (Wildman–Crippen MR) is 162 cm³/mol. The quantitative estimate of drug-likeness (QED) is 0.0748. The van der Waals surface area contributed by atoms with Gasteiger partial charge in [-0.3, -0.25) is 0 Å². The van der Waals surface area contributed by atoms with E-state index in [1.165, 1.54) is 57.4 Å². The van der Waals surface area contributed by atoms with Gasteiger partial charge in [-0.15, -0.1) is 0 Å². The van der Waals surface area contributed by atoms with E-state index in [0.717, 1.165) is 42.0 Å². The minimum Gasteiger partial charge on any atom is -0.494 e. The number of unbranched alkanes of at least 4 members (excludes halogenated alkanes) is 10. The molecule has 3 nitrogen and oxygen atoms in total. The van der Waals surface area contributed by atoms with Crippen molar-refractivity contribution in [2.24, 2.45) is 0 Å². The first-order valence-electron chi connectivity index (χ1n) is 15.2. The largest absolute Gasteiger partial charge is 0.494 e. The number of fused-ring (bicyclic) bond motifs is 3. The van der Waals surface area contributed by atoms with E-state index >= 15 is 4.39 Å². The van der Waals surface area contributed by atoms with Gasteiger partial charge in [-0.25, -0.2) is 9.37 Å². The lowest BCUT2D eigenvalue weighted by Crippen LogP contribution is -1.99. The topological polar surface area (TPSA) is 31.4 Å². The van der Waals surface area contributed by atoms with E-state index in [-0.39, 0.29) is 5.75 Å². The molecule has 0 aliphatic rings. The molecule has 4 aromatic rings. The van der Waals surface area contributed by atoms with E-state index in [2.05, 4.69) is 18.8 Å². The standard InChI is InChI=1S/C35H43F2NO2/c1-3-5-7-9-10-11-12-14-22-40-34-20-16-27(24-32(34)36)26-15-18-29-30-19-17-28(39-21-13-8-6-4-2)25-33(30)38-35(37)31(29)23-26/h15-20,23-25H,3-14,21-22H2,1-2H3. The molecule has 0 fully saturated rings. The van der Waals surface area contributed by atoms with Crippen LogP contribution >= 0.6 is 0 Å². The zero-order valence-corrected chi connectivity index (χ0v) is 24.1. The summed E-state index contributed by atoms with van der Waals surface area (Å²) >= 11 is 0. The lowest BCUT2D eigenvalue weighted by molar-refractivity contribution is 0.290. The van der Waals surface area contributed by atoms with Crippen LogP contribution in [0.25, 0.3) is 32.8 Å². The molecule has 0 radical (unpaired) electrons. The zero-order chi connectivity index (χ0) is 28.2. The van der Waals surface area contributed by atoms with Gasteiger partial charge in [0.2, 0.25) is 5.95 Å². The first-order valence-corrected chi connectivity index (χ1v) is 15.2. The van der Waals surface area contributed by atoms with Gasteiger partial charge in [-0.05, 0) is 59.7 Å². The predicted octanol–water partition coefficient (Wildman–Crippen LogP) is 10.8. The Morgan fingerprint density at radius 1 is 0.575 bits per heavy atom. The van der Waals surface area contributed by atoms with Gasteiger partial charge in [0.25, 0.3) is 0 Å². The number of rotatable bonds is 17. The summed E-state index contributed by atoms with van der Waals surface area (Å²) in [5.74, 6) is 0.00787. The van der Waals surface area contributed by atoms with Crippen molar-refractivity contribution in [1.29, 1.82) is 0 Å². The van der Waals surface area contributed by atoms with Crippen molar-refractivity contribution >= 4 is 21.7 Å². The highest BCUT2D eigenvalue weighted by Gasteiger charge is 2.12. The van der Waals surface area contributed by atoms with Crippen LogP contribution in [0, 0.1) is 11.8 Å². The summed E-state index contributed by atoms with van der Waals surface area (Å²) in [6.07, 6.45) is 14.2. The van der Waals surface area contributed by atoms with E-state index < -0.39 is 11.8 Å². The van der Waals surface area contributed by atoms with Gasteiger partial charge in [0.1, 0.15) is 5.75 Å². The van der Waals surface area contributed by atoms with E-state index in [4.69, 9.17) is 9.47 Å². The maximum Gasteiger partial charge on any atom is 0.221 e. The van der Waals surface area contributed by atoms with E-state index in [1.54, 1.807) is 18.2 Å². The minimum absolute atomic E-state index is 0.259. The number of nitrogens with zero attached hydrogens (tertiary/aromatic N) is 1. The number of hydrogen-bond acceptors (Lipinski definition) is 3. The molecule has 4 rings (SSSR count). The van der Waals surface area contributed by atoms with Crippen molar-refractivity contribution < 1.29 is 18.3 Å². The van der Waals surface area contributed by atoms with Gasteiger partial charge in [0, 0.05) is 16.8 Å². The Hall–Kier alpha value is -3.21. The van der Waals surface area contributed by atoms with E-state index in [9.17, 15) is 4.39 Å². The maximum absolute atomic E-state index is 15.1. The summed E-state index contributed by atoms with van der Waals surface area (Å²) in [6, 6.07) is 16.1. The average molecular weight is 548 g/mol. The molecule has 0 saturated carbocycles. The Morgan fingerprint density at radius 3 is 1.90 bits per heavy atom. The van der Waals surface area contributed by atoms with Gasteiger partial charge in [-0.1, -0.05) is 96.3 Å². The molecule has 1 aromatic heterocycles. The Bertz CT molecular complexity index is 1370. The Labute approximate surface area is 237 Å². The fourth-order valence-electron chi connectivity index (χ4n) is 5.15. The molecule has 0 unspecified atom stereocenters. The lowest BCUT2D eigenvalue weighted by atomic mass is 9.99. The number of ether oxygens (including phenoxy) is 2. The molecule has 0 saturated heterocycles. The molecule has 1 heterocycles. The van der Waals surface area contributed by atoms with Crippen LogP contribution in [0.1, 0.15) is 90.9 Å². The summed E-state index contributed by atoms with van der Waals surface area (Å²) in [4.78, 5) is 4.22. The molecule has 5 heteroatoms. The molecule has 0 bridgehead atoms. The number of pyridine rings is 1. The van der Waals surface area contributed by atoms with Crippen LogP contribution in [0.3, 0.4) is 0 Å². The first kappa shape index (κ1) is 29.8. The molecule has 0 aliphatic heterocycles. The molecule has 0 amide bonds. The van der Waals surface area contributed by atoms with Crippen LogP contribution in [-0.4, -0.2) is 18.2 Å². The highest BCUT2D eigenvalue weighted by Crippen LogP contribution is 2.33. The summed E-state index contributed by atoms with van der Waals surface area (Å²) in [5.41, 5.74) is 1.96. The fraction of sp³-hybridized carbons (Fsp3) is 0.457. The van der Waals surface area contributed by atoms with Crippen molar-refractivity contribution in [2.75, 3.05) is 13.2 Å². The van der Waals surface area contributed by atoms with Crippen molar-refractivity contribution in [2.45, 2.75) is 90.9 Å². The third-order valence-electron chi connectivity index (χ3n) is 7.51. The molecule has 40 heavy (non-hydrogen) atoms. The molecule has 0 N–H and O–H groups in total. The molecule has 0 atom stereocenters. The highest BCUT2D eigenvalue weighted by molar-refractivity contribution is 6.07. The van der Waals surface area contributed by atoms with Gasteiger partial charge < -0.3 is 9.47 Å². The lowest BCUT2D eigenvalue weighted by Gasteiger charge is -2.11. The van der Waals surface area contributed by atoms with Crippen LogP contribution < -0.4 is 9.47 Å². The monoisotopic (exact) mass is 547 g/mol. The normalized spacial score (nSPS) is 11.4. The summed E-state index contributed by atoms with van der Waals surface area (Å²) in [6.45, 7) is 5.56. The zero-order valence-electron chi connectivity index (χ0n) is 24.1. The smallest absolute Gasteiger partial charge is 0.221 e. The third kappa shape index (κ3) is 8.16. The van der Waals surface area contributed by atoms with Crippen LogP contribution in [-0.2, 0) is 0 Å². The van der Waals surface area contributed by atoms with Crippen molar-refractivity contribution in [3.05, 3.63) is 66.4 Å². The summed E-state index contributed by atoms with van der Waals surface area (Å²) in [7, 11) is 0. The van der Waals surface area contributed by atoms with E-state index in [0.29, 0.717) is 35.4 Å². The van der Waals surface area contributed by atoms with Crippen LogP contribution in [0.5, 0.6) is 11.5 Å². The van der Waals surface area contributed by atoms with Crippen molar-refractivity contribution in [3.8, 4) is 22.6 Å². The second-order valence-electron chi connectivity index (χ2n) is 10.7.